The molecule has 0 fully saturated rings. The molecule has 0 saturated heterocycles. The second kappa shape index (κ2) is 10.2. The average Bonchev–Trinajstić information content (AvgIpc) is 2.37. The molecule has 0 unspecified atom stereocenters. The molecule has 0 spiro atoms. The number of aryl methyl sites for hydroxylation is 1. The Labute approximate surface area is 131 Å². The van der Waals surface area contributed by atoms with Crippen LogP contribution in [0.4, 0.5) is 0 Å². The highest BCUT2D eigenvalue weighted by molar-refractivity contribution is 5.85. The number of carbonyl (C=O) groups excluding carboxylic acids is 1. The third kappa shape index (κ3) is 8.32. The van der Waals surface area contributed by atoms with Crippen LogP contribution in [0.5, 0.6) is 0 Å². The van der Waals surface area contributed by atoms with Gasteiger partial charge in [0, 0.05) is 6.54 Å². The molecule has 2 N–H and O–H groups in total. The van der Waals surface area contributed by atoms with Crippen molar-refractivity contribution in [2.45, 2.75) is 26.8 Å². The van der Waals surface area contributed by atoms with E-state index < -0.39 is 5.97 Å². The zero-order chi connectivity index (χ0) is 15.0. The summed E-state index contributed by atoms with van der Waals surface area (Å²) in [5.41, 5.74) is 2.21. The first kappa shape index (κ1) is 19.4. The van der Waals surface area contributed by atoms with E-state index in [-0.39, 0.29) is 31.4 Å². The molecule has 0 radical (unpaired) electrons. The van der Waals surface area contributed by atoms with Crippen LogP contribution in [0.1, 0.15) is 24.5 Å². The van der Waals surface area contributed by atoms with Crippen molar-refractivity contribution in [2.75, 3.05) is 19.6 Å². The lowest BCUT2D eigenvalue weighted by atomic mass is 10.1. The topological polar surface area (TPSA) is 69.6 Å². The fourth-order valence-electron chi connectivity index (χ4n) is 1.89. The number of carboxylic acid groups (broad SMARTS) is 1. The molecule has 0 saturated carbocycles. The minimum absolute atomic E-state index is 0. The maximum Gasteiger partial charge on any atom is 0.317 e. The molecule has 5 nitrogen and oxygen atoms in total. The van der Waals surface area contributed by atoms with Gasteiger partial charge in [0.2, 0.25) is 5.91 Å². The van der Waals surface area contributed by atoms with E-state index in [1.54, 1.807) is 4.90 Å². The SMILES string of the molecule is CCCN(CC(=O)O)CC(=O)NCc1ccc(C)cc1.Cl. The molecule has 21 heavy (non-hydrogen) atoms. The Morgan fingerprint density at radius 1 is 1.19 bits per heavy atom. The maximum absolute atomic E-state index is 11.8. The summed E-state index contributed by atoms with van der Waals surface area (Å²) < 4.78 is 0. The van der Waals surface area contributed by atoms with E-state index in [1.165, 1.54) is 5.56 Å². The van der Waals surface area contributed by atoms with Gasteiger partial charge in [-0.15, -0.1) is 12.4 Å². The number of nitrogens with one attached hydrogen (secondary N) is 1. The van der Waals surface area contributed by atoms with Crippen molar-refractivity contribution >= 4 is 24.3 Å². The summed E-state index contributed by atoms with van der Waals surface area (Å²) in [6.45, 7) is 5.05. The number of rotatable bonds is 8. The Morgan fingerprint density at radius 3 is 2.33 bits per heavy atom. The van der Waals surface area contributed by atoms with Crippen LogP contribution in [0.2, 0.25) is 0 Å². The van der Waals surface area contributed by atoms with Gasteiger partial charge in [-0.1, -0.05) is 36.8 Å². The van der Waals surface area contributed by atoms with Crippen molar-refractivity contribution in [2.24, 2.45) is 0 Å². The van der Waals surface area contributed by atoms with Crippen molar-refractivity contribution in [3.63, 3.8) is 0 Å². The lowest BCUT2D eigenvalue weighted by Gasteiger charge is -2.18. The average molecular weight is 315 g/mol. The Balaban J connectivity index is 0.00000400. The van der Waals surface area contributed by atoms with Crippen LogP contribution in [-0.4, -0.2) is 41.5 Å². The molecule has 0 bridgehead atoms. The molecule has 1 aromatic carbocycles. The maximum atomic E-state index is 11.8. The van der Waals surface area contributed by atoms with E-state index in [2.05, 4.69) is 5.32 Å². The van der Waals surface area contributed by atoms with Crippen LogP contribution < -0.4 is 5.32 Å². The van der Waals surface area contributed by atoms with Gasteiger partial charge in [-0.05, 0) is 25.5 Å². The van der Waals surface area contributed by atoms with Gasteiger partial charge in [-0.25, -0.2) is 0 Å². The minimum atomic E-state index is -0.912. The first-order chi connectivity index (χ1) is 9.51. The lowest BCUT2D eigenvalue weighted by molar-refractivity contribution is -0.138. The van der Waals surface area contributed by atoms with Gasteiger partial charge in [0.1, 0.15) is 0 Å². The van der Waals surface area contributed by atoms with E-state index >= 15 is 0 Å². The van der Waals surface area contributed by atoms with Crippen molar-refractivity contribution < 1.29 is 14.7 Å². The van der Waals surface area contributed by atoms with Crippen molar-refractivity contribution in [3.8, 4) is 0 Å². The van der Waals surface area contributed by atoms with Crippen LogP contribution in [0, 0.1) is 6.92 Å². The Kier molecular flexibility index (Phi) is 9.41. The smallest absolute Gasteiger partial charge is 0.317 e. The number of carboxylic acids is 1. The molecule has 0 heterocycles. The number of benzene rings is 1. The Morgan fingerprint density at radius 2 is 1.81 bits per heavy atom. The van der Waals surface area contributed by atoms with E-state index in [9.17, 15) is 9.59 Å². The van der Waals surface area contributed by atoms with Gasteiger partial charge in [0.25, 0.3) is 0 Å². The number of carbonyl (C=O) groups is 2. The second-order valence-corrected chi connectivity index (χ2v) is 4.87. The number of halogens is 1. The quantitative estimate of drug-likeness (QED) is 0.768. The van der Waals surface area contributed by atoms with E-state index in [0.29, 0.717) is 13.1 Å². The lowest BCUT2D eigenvalue weighted by Crippen LogP contribution is -2.39. The highest BCUT2D eigenvalue weighted by Gasteiger charge is 2.12. The monoisotopic (exact) mass is 314 g/mol. The highest BCUT2D eigenvalue weighted by atomic mass is 35.5. The minimum Gasteiger partial charge on any atom is -0.480 e. The molecule has 1 amide bonds. The summed E-state index contributed by atoms with van der Waals surface area (Å²) in [5.74, 6) is -1.06. The van der Waals surface area contributed by atoms with Gasteiger partial charge >= 0.3 is 5.97 Å². The van der Waals surface area contributed by atoms with Gasteiger partial charge in [0.05, 0.1) is 13.1 Å². The summed E-state index contributed by atoms with van der Waals surface area (Å²) in [5, 5.41) is 11.6. The molecular weight excluding hydrogens is 292 g/mol. The first-order valence-electron chi connectivity index (χ1n) is 6.77. The number of aliphatic carboxylic acids is 1. The molecular formula is C15H23ClN2O3. The number of nitrogens with zero attached hydrogens (tertiary/aromatic N) is 1. The third-order valence-corrected chi connectivity index (χ3v) is 2.88. The van der Waals surface area contributed by atoms with E-state index in [1.807, 2.05) is 38.1 Å². The summed E-state index contributed by atoms with van der Waals surface area (Å²) in [7, 11) is 0. The molecule has 0 aliphatic rings. The van der Waals surface area contributed by atoms with Crippen molar-refractivity contribution in [3.05, 3.63) is 35.4 Å². The van der Waals surface area contributed by atoms with Crippen LogP contribution in [0.3, 0.4) is 0 Å². The largest absolute Gasteiger partial charge is 0.480 e. The fourth-order valence-corrected chi connectivity index (χ4v) is 1.89. The number of hydrogen-bond acceptors (Lipinski definition) is 3. The number of amides is 1. The standard InChI is InChI=1S/C15H22N2O3.ClH/c1-3-8-17(11-15(19)20)10-14(18)16-9-13-6-4-12(2)5-7-13;/h4-7H,3,8-11H2,1-2H3,(H,16,18)(H,19,20);1H. The van der Waals surface area contributed by atoms with Crippen LogP contribution in [0.25, 0.3) is 0 Å². The van der Waals surface area contributed by atoms with Gasteiger partial charge in [-0.2, -0.15) is 0 Å². The third-order valence-electron chi connectivity index (χ3n) is 2.88. The Bertz CT molecular complexity index is 449. The van der Waals surface area contributed by atoms with Gasteiger partial charge < -0.3 is 10.4 Å². The summed E-state index contributed by atoms with van der Waals surface area (Å²) in [6.07, 6.45) is 0.818. The summed E-state index contributed by atoms with van der Waals surface area (Å²) in [6, 6.07) is 7.93. The van der Waals surface area contributed by atoms with Gasteiger partial charge in [0.15, 0.2) is 0 Å². The first-order valence-corrected chi connectivity index (χ1v) is 6.77. The zero-order valence-corrected chi connectivity index (χ0v) is 13.3. The van der Waals surface area contributed by atoms with Gasteiger partial charge in [-0.3, -0.25) is 14.5 Å². The molecule has 0 aliphatic carbocycles. The zero-order valence-electron chi connectivity index (χ0n) is 12.5. The normalized spacial score (nSPS) is 10.0. The predicted octanol–water partition coefficient (Wildman–Crippen LogP) is 1.83. The molecule has 0 aromatic heterocycles. The molecule has 118 valence electrons. The molecule has 1 aromatic rings. The fraction of sp³-hybridized carbons (Fsp3) is 0.467. The molecule has 0 aliphatic heterocycles. The van der Waals surface area contributed by atoms with Crippen LogP contribution >= 0.6 is 12.4 Å². The van der Waals surface area contributed by atoms with Crippen molar-refractivity contribution in [1.29, 1.82) is 0 Å². The van der Waals surface area contributed by atoms with E-state index in [4.69, 9.17) is 5.11 Å². The Hall–Kier alpha value is -1.59. The molecule has 6 heteroatoms. The second-order valence-electron chi connectivity index (χ2n) is 4.87. The predicted molar refractivity (Wildman–Crippen MR) is 84.6 cm³/mol. The molecule has 1 rings (SSSR count). The van der Waals surface area contributed by atoms with Crippen molar-refractivity contribution in [1.82, 2.24) is 10.2 Å². The molecule has 0 atom stereocenters. The van der Waals surface area contributed by atoms with Crippen LogP contribution in [0.15, 0.2) is 24.3 Å². The van der Waals surface area contributed by atoms with Crippen LogP contribution in [-0.2, 0) is 16.1 Å². The summed E-state index contributed by atoms with van der Waals surface area (Å²) in [4.78, 5) is 24.1. The van der Waals surface area contributed by atoms with E-state index in [0.717, 1.165) is 12.0 Å². The highest BCUT2D eigenvalue weighted by Crippen LogP contribution is 2.02. The summed E-state index contributed by atoms with van der Waals surface area (Å²) >= 11 is 0. The number of hydrogen-bond donors (Lipinski definition) is 2.